The largest absolute Gasteiger partial charge is 0.481 e. The Balaban J connectivity index is 1.38. The Morgan fingerprint density at radius 3 is 2.53 bits per heavy atom. The van der Waals surface area contributed by atoms with Gasteiger partial charge in [-0.3, -0.25) is 9.69 Å². The van der Waals surface area contributed by atoms with E-state index in [1.54, 1.807) is 23.9 Å². The Kier molecular flexibility index (Phi) is 8.44. The van der Waals surface area contributed by atoms with Crippen molar-refractivity contribution in [2.75, 3.05) is 19.7 Å². The highest BCUT2D eigenvalue weighted by molar-refractivity contribution is 7.99. The van der Waals surface area contributed by atoms with Crippen molar-refractivity contribution in [1.82, 2.24) is 4.90 Å². The standard InChI is InChI=1S/C29H31FN2O3S/c1-19-7-12-27(13-20(19)2)36-28(24-5-4-6-26(30)14-24)18-35-31-21(3)23-10-8-22(9-11-23)15-32-16-25(17-32)29(33)34/h4-14,25,28H,15-18H2,1-3H3,(H,33,34)/b31-21+. The molecule has 1 heterocycles. The van der Waals surface area contributed by atoms with Gasteiger partial charge in [0.15, 0.2) is 0 Å². The fourth-order valence-corrected chi connectivity index (χ4v) is 5.21. The average molecular weight is 507 g/mol. The normalized spacial score (nSPS) is 15.4. The third-order valence-corrected chi connectivity index (χ3v) is 7.71. The molecule has 1 saturated heterocycles. The van der Waals surface area contributed by atoms with Crippen LogP contribution in [0.1, 0.15) is 40.0 Å². The second-order valence-electron chi connectivity index (χ2n) is 9.31. The third kappa shape index (κ3) is 6.74. The number of likely N-dealkylation sites (tertiary alicyclic amines) is 1. The van der Waals surface area contributed by atoms with Gasteiger partial charge < -0.3 is 9.94 Å². The molecule has 0 spiro atoms. The first-order valence-corrected chi connectivity index (χ1v) is 12.9. The molecule has 0 amide bonds. The Bertz CT molecular complexity index is 1240. The summed E-state index contributed by atoms with van der Waals surface area (Å²) < 4.78 is 13.9. The van der Waals surface area contributed by atoms with Gasteiger partial charge in [0.2, 0.25) is 0 Å². The number of hydrogen-bond donors (Lipinski definition) is 1. The van der Waals surface area contributed by atoms with E-state index in [4.69, 9.17) is 9.94 Å². The second-order valence-corrected chi connectivity index (χ2v) is 10.6. The van der Waals surface area contributed by atoms with Gasteiger partial charge in [0.1, 0.15) is 12.4 Å². The van der Waals surface area contributed by atoms with Crippen molar-refractivity contribution in [3.8, 4) is 0 Å². The van der Waals surface area contributed by atoms with Gasteiger partial charge in [0.25, 0.3) is 0 Å². The van der Waals surface area contributed by atoms with Crippen molar-refractivity contribution >= 4 is 23.4 Å². The van der Waals surface area contributed by atoms with E-state index in [-0.39, 0.29) is 17.0 Å². The van der Waals surface area contributed by atoms with Crippen LogP contribution in [0.4, 0.5) is 4.39 Å². The number of halogens is 1. The predicted octanol–water partition coefficient (Wildman–Crippen LogP) is 6.23. The number of rotatable bonds is 10. The molecule has 5 nitrogen and oxygen atoms in total. The fraction of sp³-hybridized carbons (Fsp3) is 0.310. The maximum Gasteiger partial charge on any atom is 0.309 e. The minimum absolute atomic E-state index is 0.118. The summed E-state index contributed by atoms with van der Waals surface area (Å²) in [4.78, 5) is 20.0. The first kappa shape index (κ1) is 25.9. The van der Waals surface area contributed by atoms with E-state index in [9.17, 15) is 9.18 Å². The molecule has 188 valence electrons. The van der Waals surface area contributed by atoms with Crippen molar-refractivity contribution in [3.63, 3.8) is 0 Å². The molecule has 1 atom stereocenters. The molecule has 0 aliphatic carbocycles. The zero-order chi connectivity index (χ0) is 25.7. The molecule has 4 rings (SSSR count). The fourth-order valence-electron chi connectivity index (χ4n) is 4.08. The number of nitrogens with zero attached hydrogens (tertiary/aromatic N) is 2. The summed E-state index contributed by atoms with van der Waals surface area (Å²) in [6, 6.07) is 21.0. The smallest absolute Gasteiger partial charge is 0.309 e. The molecule has 1 aliphatic heterocycles. The highest BCUT2D eigenvalue weighted by atomic mass is 32.2. The molecular weight excluding hydrogens is 475 g/mol. The van der Waals surface area contributed by atoms with Gasteiger partial charge in [-0.2, -0.15) is 0 Å². The monoisotopic (exact) mass is 506 g/mol. The number of aliphatic carboxylic acids is 1. The first-order chi connectivity index (χ1) is 17.3. The van der Waals surface area contributed by atoms with Gasteiger partial charge in [0.05, 0.1) is 16.9 Å². The van der Waals surface area contributed by atoms with Gasteiger partial charge in [0, 0.05) is 24.5 Å². The van der Waals surface area contributed by atoms with Crippen LogP contribution < -0.4 is 0 Å². The van der Waals surface area contributed by atoms with Gasteiger partial charge in [-0.15, -0.1) is 11.8 Å². The van der Waals surface area contributed by atoms with Crippen LogP contribution in [-0.2, 0) is 16.2 Å². The van der Waals surface area contributed by atoms with Crippen LogP contribution in [0.3, 0.4) is 0 Å². The maximum absolute atomic E-state index is 13.9. The molecule has 0 saturated carbocycles. The van der Waals surface area contributed by atoms with Crippen LogP contribution in [-0.4, -0.2) is 41.4 Å². The molecule has 1 unspecified atom stereocenters. The SMILES string of the molecule is C/C(=N\OCC(Sc1ccc(C)c(C)c1)c1cccc(F)c1)c1ccc(CN2CC(C(=O)O)C2)cc1. The lowest BCUT2D eigenvalue weighted by molar-refractivity contribution is -0.147. The zero-order valence-corrected chi connectivity index (χ0v) is 21.6. The van der Waals surface area contributed by atoms with E-state index in [0.717, 1.165) is 33.8 Å². The van der Waals surface area contributed by atoms with E-state index >= 15 is 0 Å². The van der Waals surface area contributed by atoms with Gasteiger partial charge in [-0.1, -0.05) is 47.6 Å². The molecule has 0 radical (unpaired) electrons. The van der Waals surface area contributed by atoms with Gasteiger partial charge >= 0.3 is 5.97 Å². The Labute approximate surface area is 216 Å². The predicted molar refractivity (Wildman–Crippen MR) is 142 cm³/mol. The van der Waals surface area contributed by atoms with Crippen molar-refractivity contribution in [2.24, 2.45) is 11.1 Å². The molecule has 1 fully saturated rings. The highest BCUT2D eigenvalue weighted by Crippen LogP contribution is 2.36. The minimum atomic E-state index is -0.722. The van der Waals surface area contributed by atoms with Crippen LogP contribution in [0, 0.1) is 25.6 Å². The van der Waals surface area contributed by atoms with Crippen LogP contribution in [0.25, 0.3) is 0 Å². The maximum atomic E-state index is 13.9. The number of thioether (sulfide) groups is 1. The molecular formula is C29H31FN2O3S. The summed E-state index contributed by atoms with van der Waals surface area (Å²) in [7, 11) is 0. The molecule has 1 aliphatic rings. The summed E-state index contributed by atoms with van der Waals surface area (Å²) in [6.45, 7) is 8.30. The van der Waals surface area contributed by atoms with Gasteiger partial charge in [-0.25, -0.2) is 4.39 Å². The lowest BCUT2D eigenvalue weighted by Gasteiger charge is -2.36. The minimum Gasteiger partial charge on any atom is -0.481 e. The summed E-state index contributed by atoms with van der Waals surface area (Å²) in [6.07, 6.45) is 0. The third-order valence-electron chi connectivity index (χ3n) is 6.49. The van der Waals surface area contributed by atoms with Crippen molar-refractivity contribution in [2.45, 2.75) is 37.5 Å². The van der Waals surface area contributed by atoms with E-state index in [1.807, 2.05) is 37.3 Å². The number of carbonyl (C=O) groups is 1. The zero-order valence-electron chi connectivity index (χ0n) is 20.8. The number of hydrogen-bond acceptors (Lipinski definition) is 5. The van der Waals surface area contributed by atoms with Crippen LogP contribution in [0.15, 0.2) is 76.8 Å². The number of oxime groups is 1. The molecule has 36 heavy (non-hydrogen) atoms. The number of aryl methyl sites for hydroxylation is 2. The van der Waals surface area contributed by atoms with Crippen molar-refractivity contribution < 1.29 is 19.1 Å². The average Bonchev–Trinajstić information content (AvgIpc) is 2.82. The van der Waals surface area contributed by atoms with E-state index < -0.39 is 5.97 Å². The summed E-state index contributed by atoms with van der Waals surface area (Å²) >= 11 is 1.64. The lowest BCUT2D eigenvalue weighted by Crippen LogP contribution is -2.49. The van der Waals surface area contributed by atoms with Gasteiger partial charge in [-0.05, 0) is 72.9 Å². The van der Waals surface area contributed by atoms with E-state index in [1.165, 1.54) is 17.2 Å². The van der Waals surface area contributed by atoms with Crippen LogP contribution in [0.2, 0.25) is 0 Å². The molecule has 3 aromatic rings. The number of carboxylic acid groups (broad SMARTS) is 1. The first-order valence-electron chi connectivity index (χ1n) is 12.0. The summed E-state index contributed by atoms with van der Waals surface area (Å²) in [5, 5.41) is 13.2. The summed E-state index contributed by atoms with van der Waals surface area (Å²) in [5.74, 6) is -1.24. The van der Waals surface area contributed by atoms with Crippen molar-refractivity contribution in [1.29, 1.82) is 0 Å². The number of carboxylic acids is 1. The number of benzene rings is 3. The quantitative estimate of drug-likeness (QED) is 0.201. The van der Waals surface area contributed by atoms with Crippen molar-refractivity contribution in [3.05, 3.63) is 100 Å². The molecule has 0 aromatic heterocycles. The second kappa shape index (κ2) is 11.7. The highest BCUT2D eigenvalue weighted by Gasteiger charge is 2.32. The Morgan fingerprint density at radius 1 is 1.11 bits per heavy atom. The molecule has 0 bridgehead atoms. The van der Waals surface area contributed by atoms with E-state index in [0.29, 0.717) is 19.7 Å². The Hall–Kier alpha value is -3.16. The molecule has 3 aromatic carbocycles. The topological polar surface area (TPSA) is 62.1 Å². The molecule has 1 N–H and O–H groups in total. The Morgan fingerprint density at radius 2 is 1.86 bits per heavy atom. The van der Waals surface area contributed by atoms with E-state index in [2.05, 4.69) is 42.1 Å². The summed E-state index contributed by atoms with van der Waals surface area (Å²) in [5.41, 5.74) is 6.14. The van der Waals surface area contributed by atoms with Crippen LogP contribution in [0.5, 0.6) is 0 Å². The molecule has 7 heteroatoms. The van der Waals surface area contributed by atoms with Crippen LogP contribution >= 0.6 is 11.8 Å². The lowest BCUT2D eigenvalue weighted by atomic mass is 9.99.